The minimum absolute atomic E-state index is 0.156. The molecule has 1 fully saturated rings. The topological polar surface area (TPSA) is 45.3 Å². The number of aromatic amines is 1. The van der Waals surface area contributed by atoms with Crippen LogP contribution in [-0.4, -0.2) is 42.1 Å². The van der Waals surface area contributed by atoms with Crippen molar-refractivity contribution in [2.45, 2.75) is 32.8 Å². The zero-order chi connectivity index (χ0) is 14.0. The van der Waals surface area contributed by atoms with E-state index in [2.05, 4.69) is 11.9 Å². The van der Waals surface area contributed by atoms with Crippen LogP contribution in [0.4, 0.5) is 0 Å². The number of nitrogens with zero attached hydrogens (tertiary/aromatic N) is 1. The fourth-order valence-electron chi connectivity index (χ4n) is 2.42. The summed E-state index contributed by atoms with van der Waals surface area (Å²) in [5, 5.41) is 0. The van der Waals surface area contributed by atoms with E-state index in [-0.39, 0.29) is 12.0 Å². The van der Waals surface area contributed by atoms with E-state index in [1.165, 1.54) is 11.3 Å². The van der Waals surface area contributed by atoms with Crippen LogP contribution in [-0.2, 0) is 16.0 Å². The summed E-state index contributed by atoms with van der Waals surface area (Å²) in [7, 11) is 1.72. The van der Waals surface area contributed by atoms with Crippen molar-refractivity contribution in [1.29, 1.82) is 0 Å². The molecule has 19 heavy (non-hydrogen) atoms. The molecular weight excluding hydrogens is 280 g/mol. The Morgan fingerprint density at radius 2 is 2.37 bits per heavy atom. The summed E-state index contributed by atoms with van der Waals surface area (Å²) in [6.07, 6.45) is 1.60. The van der Waals surface area contributed by atoms with E-state index in [0.717, 1.165) is 27.5 Å². The van der Waals surface area contributed by atoms with Crippen LogP contribution < -0.4 is 0 Å². The Morgan fingerprint density at radius 3 is 2.95 bits per heavy atom. The van der Waals surface area contributed by atoms with E-state index in [4.69, 9.17) is 17.0 Å². The molecule has 1 aromatic heterocycles. The number of H-pyrrole nitrogens is 1. The molecule has 0 radical (unpaired) electrons. The number of aromatic nitrogens is 1. The van der Waals surface area contributed by atoms with Gasteiger partial charge in [0.1, 0.15) is 0 Å². The summed E-state index contributed by atoms with van der Waals surface area (Å²) in [4.78, 5) is 18.4. The third-order valence-corrected chi connectivity index (χ3v) is 5.12. The van der Waals surface area contributed by atoms with Gasteiger partial charge in [-0.05, 0) is 31.5 Å². The lowest BCUT2D eigenvalue weighted by Crippen LogP contribution is -2.47. The molecule has 6 heteroatoms. The molecular formula is C13H20N2O2S2. The molecule has 1 aliphatic rings. The van der Waals surface area contributed by atoms with E-state index in [1.807, 2.05) is 11.8 Å². The van der Waals surface area contributed by atoms with E-state index in [9.17, 15) is 4.79 Å². The Bertz CT molecular complexity index is 509. The lowest BCUT2D eigenvalue weighted by Gasteiger charge is -2.36. The van der Waals surface area contributed by atoms with Gasteiger partial charge in [0.2, 0.25) is 5.91 Å². The summed E-state index contributed by atoms with van der Waals surface area (Å²) < 4.78 is 6.19. The first kappa shape index (κ1) is 14.7. The summed E-state index contributed by atoms with van der Waals surface area (Å²) >= 11 is 6.59. The zero-order valence-electron chi connectivity index (χ0n) is 11.6. The van der Waals surface area contributed by atoms with E-state index in [1.54, 1.807) is 7.11 Å². The van der Waals surface area contributed by atoms with Crippen LogP contribution in [0.15, 0.2) is 0 Å². The number of piperidine rings is 1. The molecule has 4 nitrogen and oxygen atoms in total. The van der Waals surface area contributed by atoms with Crippen molar-refractivity contribution in [3.8, 4) is 0 Å². The van der Waals surface area contributed by atoms with E-state index < -0.39 is 0 Å². The van der Waals surface area contributed by atoms with E-state index in [0.29, 0.717) is 18.9 Å². The van der Waals surface area contributed by atoms with Gasteiger partial charge in [0.15, 0.2) is 3.95 Å². The summed E-state index contributed by atoms with van der Waals surface area (Å²) in [6, 6.07) is 0. The minimum atomic E-state index is 0.156. The Hall–Kier alpha value is -0.720. The Labute approximate surface area is 122 Å². The van der Waals surface area contributed by atoms with Crippen LogP contribution in [0.3, 0.4) is 0 Å². The predicted octanol–water partition coefficient (Wildman–Crippen LogP) is 2.54. The van der Waals surface area contributed by atoms with Gasteiger partial charge in [0, 0.05) is 30.8 Å². The Kier molecular flexibility index (Phi) is 4.76. The summed E-state index contributed by atoms with van der Waals surface area (Å²) in [5.74, 6) is 0.687. The second-order valence-electron chi connectivity index (χ2n) is 5.12. The number of carbonyl (C=O) groups excluding carboxylic acids is 1. The smallest absolute Gasteiger partial charge is 0.227 e. The molecule has 1 N–H and O–H groups in total. The summed E-state index contributed by atoms with van der Waals surface area (Å²) in [6.45, 7) is 5.67. The number of thiazole rings is 1. The average molecular weight is 300 g/mol. The largest absolute Gasteiger partial charge is 0.379 e. The molecule has 2 heterocycles. The molecule has 0 bridgehead atoms. The molecule has 0 aliphatic carbocycles. The van der Waals surface area contributed by atoms with Gasteiger partial charge < -0.3 is 14.6 Å². The first-order valence-electron chi connectivity index (χ1n) is 6.50. The number of hydrogen-bond acceptors (Lipinski definition) is 4. The minimum Gasteiger partial charge on any atom is -0.379 e. The number of aryl methyl sites for hydroxylation is 1. The third kappa shape index (κ3) is 3.43. The molecule has 0 spiro atoms. The molecule has 1 aliphatic heterocycles. The lowest BCUT2D eigenvalue weighted by molar-refractivity contribution is -0.135. The quantitative estimate of drug-likeness (QED) is 0.873. The lowest BCUT2D eigenvalue weighted by atomic mass is 9.95. The highest BCUT2D eigenvalue weighted by Crippen LogP contribution is 2.21. The number of carbonyl (C=O) groups is 1. The fourth-order valence-corrected chi connectivity index (χ4v) is 3.70. The van der Waals surface area contributed by atoms with Gasteiger partial charge in [-0.2, -0.15) is 0 Å². The zero-order valence-corrected chi connectivity index (χ0v) is 13.2. The first-order valence-corrected chi connectivity index (χ1v) is 7.73. The average Bonchev–Trinajstić information content (AvgIpc) is 2.68. The van der Waals surface area contributed by atoms with E-state index >= 15 is 0 Å². The second-order valence-corrected chi connectivity index (χ2v) is 6.89. The molecule has 2 unspecified atom stereocenters. The van der Waals surface area contributed by atoms with Crippen LogP contribution in [0.5, 0.6) is 0 Å². The number of rotatable bonds is 3. The summed E-state index contributed by atoms with van der Waals surface area (Å²) in [5.41, 5.74) is 1.01. The maximum Gasteiger partial charge on any atom is 0.227 e. The Morgan fingerprint density at radius 1 is 1.63 bits per heavy atom. The monoisotopic (exact) mass is 300 g/mol. The number of nitrogens with one attached hydrogen (secondary N) is 1. The molecule has 2 atom stereocenters. The van der Waals surface area contributed by atoms with Crippen molar-refractivity contribution in [3.05, 3.63) is 14.5 Å². The van der Waals surface area contributed by atoms with Gasteiger partial charge in [-0.15, -0.1) is 11.3 Å². The van der Waals surface area contributed by atoms with Crippen molar-refractivity contribution in [3.63, 3.8) is 0 Å². The maximum atomic E-state index is 12.3. The highest BCUT2D eigenvalue weighted by molar-refractivity contribution is 7.73. The van der Waals surface area contributed by atoms with Crippen molar-refractivity contribution in [2.24, 2.45) is 5.92 Å². The van der Waals surface area contributed by atoms with Crippen LogP contribution >= 0.6 is 23.6 Å². The normalized spacial score (nSPS) is 23.6. The highest BCUT2D eigenvalue weighted by atomic mass is 32.1. The SMILES string of the molecule is COC1CN(C(=O)Cc2sc(=S)[nH]c2C)CCC1C. The van der Waals surface area contributed by atoms with Crippen LogP contribution in [0.25, 0.3) is 0 Å². The molecule has 0 aromatic carbocycles. The standard InChI is InChI=1S/C13H20N2O2S2/c1-8-4-5-15(7-10(8)17-3)12(16)6-11-9(2)14-13(18)19-11/h8,10H,4-7H2,1-3H3,(H,14,18). The first-order chi connectivity index (χ1) is 9.01. The van der Waals surface area contributed by atoms with Gasteiger partial charge in [0.25, 0.3) is 0 Å². The van der Waals surface area contributed by atoms with Gasteiger partial charge in [-0.1, -0.05) is 6.92 Å². The van der Waals surface area contributed by atoms with Gasteiger partial charge in [0.05, 0.1) is 12.5 Å². The number of hydrogen-bond donors (Lipinski definition) is 1. The van der Waals surface area contributed by atoms with Crippen LogP contribution in [0.2, 0.25) is 0 Å². The number of ether oxygens (including phenoxy) is 1. The fraction of sp³-hybridized carbons (Fsp3) is 0.692. The predicted molar refractivity (Wildman–Crippen MR) is 79.1 cm³/mol. The van der Waals surface area contributed by atoms with Crippen molar-refractivity contribution >= 4 is 29.5 Å². The molecule has 0 saturated carbocycles. The molecule has 1 amide bonds. The van der Waals surface area contributed by atoms with Crippen molar-refractivity contribution in [1.82, 2.24) is 9.88 Å². The molecule has 106 valence electrons. The third-order valence-electron chi connectivity index (χ3n) is 3.78. The number of methoxy groups -OCH3 is 1. The van der Waals surface area contributed by atoms with Gasteiger partial charge in [-0.25, -0.2) is 0 Å². The van der Waals surface area contributed by atoms with Gasteiger partial charge >= 0.3 is 0 Å². The van der Waals surface area contributed by atoms with Crippen LogP contribution in [0, 0.1) is 16.8 Å². The Balaban J connectivity index is 2.00. The molecule has 1 saturated heterocycles. The molecule has 1 aromatic rings. The van der Waals surface area contributed by atoms with Crippen LogP contribution in [0.1, 0.15) is 23.9 Å². The number of amides is 1. The van der Waals surface area contributed by atoms with Crippen molar-refractivity contribution in [2.75, 3.05) is 20.2 Å². The number of likely N-dealkylation sites (tertiary alicyclic amines) is 1. The van der Waals surface area contributed by atoms with Gasteiger partial charge in [-0.3, -0.25) is 4.79 Å². The molecule has 2 rings (SSSR count). The highest BCUT2D eigenvalue weighted by Gasteiger charge is 2.28. The maximum absolute atomic E-state index is 12.3. The van der Waals surface area contributed by atoms with Crippen molar-refractivity contribution < 1.29 is 9.53 Å². The second kappa shape index (κ2) is 6.15.